The van der Waals surface area contributed by atoms with Crippen LogP contribution in [0.2, 0.25) is 0 Å². The summed E-state index contributed by atoms with van der Waals surface area (Å²) < 4.78 is 5.27. The number of hydrogen-bond acceptors (Lipinski definition) is 3. The molecule has 0 unspecified atom stereocenters. The van der Waals surface area contributed by atoms with Crippen LogP contribution >= 0.6 is 0 Å². The lowest BCUT2D eigenvalue weighted by Crippen LogP contribution is -2.30. The number of likely N-dealkylation sites (tertiary alicyclic amines) is 1. The maximum Gasteiger partial charge on any atom is 0.276 e. The SMILES string of the molecule is Cc1cccc([C@@H]2CCCN2C(=O)c2cc(C(C)C)on2)c1. The highest BCUT2D eigenvalue weighted by Gasteiger charge is 2.32. The van der Waals surface area contributed by atoms with Crippen molar-refractivity contribution in [2.75, 3.05) is 6.54 Å². The van der Waals surface area contributed by atoms with Gasteiger partial charge in [0.2, 0.25) is 0 Å². The number of aromatic nitrogens is 1. The van der Waals surface area contributed by atoms with Crippen molar-refractivity contribution in [3.63, 3.8) is 0 Å². The summed E-state index contributed by atoms with van der Waals surface area (Å²) in [7, 11) is 0. The molecule has 1 aliphatic rings. The van der Waals surface area contributed by atoms with Crippen molar-refractivity contribution in [3.05, 3.63) is 52.9 Å². The highest BCUT2D eigenvalue weighted by molar-refractivity contribution is 5.92. The van der Waals surface area contributed by atoms with Gasteiger partial charge in [0.15, 0.2) is 5.69 Å². The molecular weight excluding hydrogens is 276 g/mol. The van der Waals surface area contributed by atoms with E-state index in [0.717, 1.165) is 25.1 Å². The molecule has 22 heavy (non-hydrogen) atoms. The predicted molar refractivity (Wildman–Crippen MR) is 84.8 cm³/mol. The van der Waals surface area contributed by atoms with Gasteiger partial charge in [0.25, 0.3) is 5.91 Å². The third-order valence-corrected chi connectivity index (χ3v) is 4.26. The fourth-order valence-corrected chi connectivity index (χ4v) is 3.04. The maximum atomic E-state index is 12.8. The van der Waals surface area contributed by atoms with Gasteiger partial charge in [-0.15, -0.1) is 0 Å². The fraction of sp³-hybridized carbons (Fsp3) is 0.444. The molecule has 0 radical (unpaired) electrons. The van der Waals surface area contributed by atoms with Gasteiger partial charge in [-0.2, -0.15) is 0 Å². The van der Waals surface area contributed by atoms with E-state index in [4.69, 9.17) is 4.52 Å². The normalized spacial score (nSPS) is 18.2. The number of amides is 1. The minimum Gasteiger partial charge on any atom is -0.360 e. The monoisotopic (exact) mass is 298 g/mol. The number of aryl methyl sites for hydroxylation is 1. The predicted octanol–water partition coefficient (Wildman–Crippen LogP) is 4.08. The number of carbonyl (C=O) groups is 1. The topological polar surface area (TPSA) is 46.3 Å². The van der Waals surface area contributed by atoms with Crippen molar-refractivity contribution in [1.29, 1.82) is 0 Å². The van der Waals surface area contributed by atoms with Crippen LogP contribution in [0.1, 0.15) is 66.0 Å². The average Bonchev–Trinajstić information content (AvgIpc) is 3.16. The van der Waals surface area contributed by atoms with E-state index < -0.39 is 0 Å². The van der Waals surface area contributed by atoms with E-state index in [0.29, 0.717) is 5.69 Å². The van der Waals surface area contributed by atoms with Crippen LogP contribution in [-0.2, 0) is 0 Å². The fourth-order valence-electron chi connectivity index (χ4n) is 3.04. The van der Waals surface area contributed by atoms with Crippen LogP contribution < -0.4 is 0 Å². The molecule has 0 spiro atoms. The number of hydrogen-bond donors (Lipinski definition) is 0. The van der Waals surface area contributed by atoms with E-state index in [1.165, 1.54) is 11.1 Å². The standard InChI is InChI=1S/C18H22N2O2/c1-12(2)17-11-15(19-22-17)18(21)20-9-5-8-16(20)14-7-4-6-13(3)10-14/h4,6-7,10-12,16H,5,8-9H2,1-3H3/t16-/m0/s1. The van der Waals surface area contributed by atoms with Crippen LogP contribution in [-0.4, -0.2) is 22.5 Å². The molecule has 4 nitrogen and oxygen atoms in total. The van der Waals surface area contributed by atoms with E-state index in [9.17, 15) is 4.79 Å². The number of carbonyl (C=O) groups excluding carboxylic acids is 1. The Bertz CT molecular complexity index is 675. The third kappa shape index (κ3) is 2.78. The summed E-state index contributed by atoms with van der Waals surface area (Å²) >= 11 is 0. The van der Waals surface area contributed by atoms with Crippen LogP contribution in [0.15, 0.2) is 34.9 Å². The van der Waals surface area contributed by atoms with Gasteiger partial charge in [-0.1, -0.05) is 48.8 Å². The lowest BCUT2D eigenvalue weighted by Gasteiger charge is -2.24. The molecule has 1 amide bonds. The highest BCUT2D eigenvalue weighted by atomic mass is 16.5. The van der Waals surface area contributed by atoms with Gasteiger partial charge in [0.1, 0.15) is 5.76 Å². The zero-order chi connectivity index (χ0) is 15.7. The molecule has 4 heteroatoms. The van der Waals surface area contributed by atoms with Crippen molar-refractivity contribution in [2.24, 2.45) is 0 Å². The summed E-state index contributed by atoms with van der Waals surface area (Å²) in [5.74, 6) is 0.967. The first-order valence-corrected chi connectivity index (χ1v) is 7.90. The van der Waals surface area contributed by atoms with E-state index in [1.807, 2.05) is 18.7 Å². The molecule has 2 aromatic rings. The van der Waals surface area contributed by atoms with E-state index >= 15 is 0 Å². The second kappa shape index (κ2) is 5.95. The Kier molecular flexibility index (Phi) is 4.01. The Morgan fingerprint density at radius 2 is 2.18 bits per heavy atom. The summed E-state index contributed by atoms with van der Waals surface area (Å²) in [6.07, 6.45) is 2.03. The third-order valence-electron chi connectivity index (χ3n) is 4.26. The Morgan fingerprint density at radius 1 is 1.36 bits per heavy atom. The largest absolute Gasteiger partial charge is 0.360 e. The van der Waals surface area contributed by atoms with E-state index in [2.05, 4.69) is 36.3 Å². The Labute approximate surface area is 131 Å². The van der Waals surface area contributed by atoms with Crippen LogP contribution in [0, 0.1) is 6.92 Å². The molecule has 0 bridgehead atoms. The molecule has 1 aliphatic heterocycles. The molecule has 0 saturated carbocycles. The summed E-state index contributed by atoms with van der Waals surface area (Å²) in [6, 6.07) is 10.3. The minimum absolute atomic E-state index is 0.0281. The molecular formula is C18H22N2O2. The second-order valence-corrected chi connectivity index (χ2v) is 6.34. The summed E-state index contributed by atoms with van der Waals surface area (Å²) in [5, 5.41) is 3.96. The summed E-state index contributed by atoms with van der Waals surface area (Å²) in [6.45, 7) is 6.92. The number of benzene rings is 1. The first kappa shape index (κ1) is 14.8. The summed E-state index contributed by atoms with van der Waals surface area (Å²) in [4.78, 5) is 14.7. The molecule has 1 aromatic heterocycles. The van der Waals surface area contributed by atoms with E-state index in [-0.39, 0.29) is 17.9 Å². The Morgan fingerprint density at radius 3 is 2.86 bits per heavy atom. The van der Waals surface area contributed by atoms with Crippen molar-refractivity contribution in [3.8, 4) is 0 Å². The Hall–Kier alpha value is -2.10. The number of nitrogens with zero attached hydrogens (tertiary/aromatic N) is 2. The van der Waals surface area contributed by atoms with E-state index in [1.54, 1.807) is 6.07 Å². The van der Waals surface area contributed by atoms with Gasteiger partial charge in [0, 0.05) is 18.5 Å². The molecule has 1 atom stereocenters. The molecule has 1 fully saturated rings. The van der Waals surface area contributed by atoms with Crippen molar-refractivity contribution < 1.29 is 9.32 Å². The zero-order valence-corrected chi connectivity index (χ0v) is 13.4. The van der Waals surface area contributed by atoms with Gasteiger partial charge >= 0.3 is 0 Å². The van der Waals surface area contributed by atoms with Crippen LogP contribution in [0.25, 0.3) is 0 Å². The molecule has 1 aromatic carbocycles. The number of rotatable bonds is 3. The minimum atomic E-state index is -0.0281. The van der Waals surface area contributed by atoms with Gasteiger partial charge in [-0.3, -0.25) is 4.79 Å². The maximum absolute atomic E-state index is 12.8. The Balaban J connectivity index is 1.84. The van der Waals surface area contributed by atoms with Gasteiger partial charge in [-0.25, -0.2) is 0 Å². The quantitative estimate of drug-likeness (QED) is 0.857. The summed E-state index contributed by atoms with van der Waals surface area (Å²) in [5.41, 5.74) is 2.85. The molecule has 1 saturated heterocycles. The second-order valence-electron chi connectivity index (χ2n) is 6.34. The molecule has 116 valence electrons. The van der Waals surface area contributed by atoms with Gasteiger partial charge in [0.05, 0.1) is 6.04 Å². The van der Waals surface area contributed by atoms with Crippen molar-refractivity contribution in [1.82, 2.24) is 10.1 Å². The average molecular weight is 298 g/mol. The molecule has 0 N–H and O–H groups in total. The zero-order valence-electron chi connectivity index (χ0n) is 13.4. The molecule has 3 rings (SSSR count). The molecule has 0 aliphatic carbocycles. The van der Waals surface area contributed by atoms with Crippen LogP contribution in [0.3, 0.4) is 0 Å². The first-order chi connectivity index (χ1) is 10.6. The lowest BCUT2D eigenvalue weighted by atomic mass is 10.0. The van der Waals surface area contributed by atoms with Gasteiger partial charge < -0.3 is 9.42 Å². The van der Waals surface area contributed by atoms with Crippen molar-refractivity contribution in [2.45, 2.75) is 45.6 Å². The smallest absolute Gasteiger partial charge is 0.276 e. The van der Waals surface area contributed by atoms with Crippen molar-refractivity contribution >= 4 is 5.91 Å². The lowest BCUT2D eigenvalue weighted by molar-refractivity contribution is 0.0725. The van der Waals surface area contributed by atoms with Crippen LogP contribution in [0.5, 0.6) is 0 Å². The highest BCUT2D eigenvalue weighted by Crippen LogP contribution is 2.33. The van der Waals surface area contributed by atoms with Crippen LogP contribution in [0.4, 0.5) is 0 Å². The first-order valence-electron chi connectivity index (χ1n) is 7.90. The molecule has 2 heterocycles. The van der Waals surface area contributed by atoms with Gasteiger partial charge in [-0.05, 0) is 25.3 Å².